The third kappa shape index (κ3) is 4.77. The van der Waals surface area contributed by atoms with Gasteiger partial charge >= 0.3 is 0 Å². The summed E-state index contributed by atoms with van der Waals surface area (Å²) in [4.78, 5) is 18.3. The molecule has 0 saturated carbocycles. The van der Waals surface area contributed by atoms with E-state index in [1.54, 1.807) is 50.8 Å². The van der Waals surface area contributed by atoms with Gasteiger partial charge in [0.1, 0.15) is 11.3 Å². The Labute approximate surface area is 227 Å². The van der Waals surface area contributed by atoms with Gasteiger partial charge in [0.05, 0.1) is 47.3 Å². The fourth-order valence-corrected chi connectivity index (χ4v) is 4.60. The normalized spacial score (nSPS) is 12.3. The minimum Gasteiger partial charge on any atom is -0.496 e. The number of nitrogens with zero attached hydrogens (tertiary/aromatic N) is 3. The molecule has 0 saturated heterocycles. The van der Waals surface area contributed by atoms with Gasteiger partial charge in [-0.25, -0.2) is 4.98 Å². The molecular weight excluding hydrogens is 550 g/mol. The van der Waals surface area contributed by atoms with Crippen LogP contribution in [-0.2, 0) is 0 Å². The minimum absolute atomic E-state index is 0.0203. The Morgan fingerprint density at radius 3 is 2.61 bits per heavy atom. The number of rotatable bonds is 8. The molecule has 0 bridgehead atoms. The number of halogens is 1. The molecule has 0 unspecified atom stereocenters. The maximum atomic E-state index is 13.6. The first kappa shape index (κ1) is 25.5. The molecule has 3 aromatic carbocycles. The van der Waals surface area contributed by atoms with Crippen LogP contribution in [0.5, 0.6) is 17.2 Å². The molecule has 1 atom stereocenters. The van der Waals surface area contributed by atoms with Gasteiger partial charge in [0, 0.05) is 0 Å². The van der Waals surface area contributed by atoms with Crippen LogP contribution in [0.15, 0.2) is 79.4 Å². The highest BCUT2D eigenvalue weighted by molar-refractivity contribution is 9.10. The Morgan fingerprint density at radius 1 is 1.05 bits per heavy atom. The number of hydrogen-bond donors (Lipinski definition) is 0. The van der Waals surface area contributed by atoms with Crippen molar-refractivity contribution in [2.24, 2.45) is 5.10 Å². The smallest absolute Gasteiger partial charge is 0.282 e. The maximum Gasteiger partial charge on any atom is 0.282 e. The molecule has 5 aromatic rings. The fourth-order valence-electron chi connectivity index (χ4n) is 4.05. The molecule has 5 rings (SSSR count). The topological polar surface area (TPSA) is 88.1 Å². The van der Waals surface area contributed by atoms with Gasteiger partial charge in [-0.15, -0.1) is 0 Å². The molecule has 0 spiro atoms. The SMILES string of the molecule is CC[C@H](C)Oc1c(Br)cc(C=Nn2c(-c3cc4c(OC)cccc4o3)nc3ccccc3c2=O)cc1OC. The quantitative estimate of drug-likeness (QED) is 0.192. The number of para-hydroxylation sites is 1. The second kappa shape index (κ2) is 10.7. The zero-order valence-electron chi connectivity index (χ0n) is 21.4. The summed E-state index contributed by atoms with van der Waals surface area (Å²) in [5.74, 6) is 2.48. The highest BCUT2D eigenvalue weighted by Gasteiger charge is 2.18. The van der Waals surface area contributed by atoms with Crippen molar-refractivity contribution < 1.29 is 18.6 Å². The molecule has 0 N–H and O–H groups in total. The Hall–Kier alpha value is -4.11. The summed E-state index contributed by atoms with van der Waals surface area (Å²) in [5.41, 5.74) is 1.53. The van der Waals surface area contributed by atoms with Crippen LogP contribution >= 0.6 is 15.9 Å². The number of aromatic nitrogens is 2. The van der Waals surface area contributed by atoms with Crippen LogP contribution in [0, 0.1) is 0 Å². The summed E-state index contributed by atoms with van der Waals surface area (Å²) in [6.07, 6.45) is 2.45. The van der Waals surface area contributed by atoms with Gasteiger partial charge in [0.2, 0.25) is 5.82 Å². The van der Waals surface area contributed by atoms with E-state index in [2.05, 4.69) is 28.0 Å². The predicted octanol–water partition coefficient (Wildman–Crippen LogP) is 6.65. The zero-order chi connectivity index (χ0) is 26.8. The molecule has 9 heteroatoms. The van der Waals surface area contributed by atoms with Gasteiger partial charge in [-0.05, 0) is 77.3 Å². The zero-order valence-corrected chi connectivity index (χ0v) is 23.0. The van der Waals surface area contributed by atoms with Crippen LogP contribution in [0.2, 0.25) is 0 Å². The van der Waals surface area contributed by atoms with Crippen molar-refractivity contribution in [2.75, 3.05) is 14.2 Å². The monoisotopic (exact) mass is 575 g/mol. The fraction of sp³-hybridized carbons (Fsp3) is 0.207. The molecular formula is C29H26BrN3O5. The van der Waals surface area contributed by atoms with Crippen LogP contribution in [0.3, 0.4) is 0 Å². The molecule has 2 aromatic heterocycles. The summed E-state index contributed by atoms with van der Waals surface area (Å²) < 4.78 is 25.1. The summed E-state index contributed by atoms with van der Waals surface area (Å²) in [6, 6.07) is 18.1. The van der Waals surface area contributed by atoms with Crippen LogP contribution in [0.25, 0.3) is 33.5 Å². The first-order chi connectivity index (χ1) is 18.4. The van der Waals surface area contributed by atoms with Crippen molar-refractivity contribution >= 4 is 44.0 Å². The Morgan fingerprint density at radius 2 is 1.84 bits per heavy atom. The van der Waals surface area contributed by atoms with Gasteiger partial charge in [0.25, 0.3) is 5.56 Å². The number of methoxy groups -OCH3 is 2. The number of ether oxygens (including phenoxy) is 3. The van der Waals surface area contributed by atoms with Gasteiger partial charge in [-0.3, -0.25) is 4.79 Å². The summed E-state index contributed by atoms with van der Waals surface area (Å²) in [5, 5.41) is 5.76. The Balaban J connectivity index is 1.65. The molecule has 0 aliphatic heterocycles. The van der Waals surface area contributed by atoms with Crippen molar-refractivity contribution in [1.29, 1.82) is 0 Å². The van der Waals surface area contributed by atoms with Crippen LogP contribution < -0.4 is 19.8 Å². The number of fused-ring (bicyclic) bond motifs is 2. The summed E-state index contributed by atoms with van der Waals surface area (Å²) >= 11 is 3.58. The van der Waals surface area contributed by atoms with E-state index >= 15 is 0 Å². The summed E-state index contributed by atoms with van der Waals surface area (Å²) in [7, 11) is 3.18. The Kier molecular flexibility index (Phi) is 7.20. The van der Waals surface area contributed by atoms with Gasteiger partial charge in [-0.1, -0.05) is 25.1 Å². The first-order valence-corrected chi connectivity index (χ1v) is 12.9. The molecule has 0 aliphatic rings. The van der Waals surface area contributed by atoms with Crippen molar-refractivity contribution in [1.82, 2.24) is 9.66 Å². The van der Waals surface area contributed by atoms with Crippen molar-refractivity contribution in [3.05, 3.63) is 81.1 Å². The first-order valence-electron chi connectivity index (χ1n) is 12.1. The van der Waals surface area contributed by atoms with E-state index in [4.69, 9.17) is 23.6 Å². The van der Waals surface area contributed by atoms with Crippen LogP contribution in [0.1, 0.15) is 25.8 Å². The van der Waals surface area contributed by atoms with Gasteiger partial charge < -0.3 is 18.6 Å². The third-order valence-corrected chi connectivity index (χ3v) is 6.77. The Bertz CT molecular complexity index is 1720. The van der Waals surface area contributed by atoms with E-state index in [1.165, 1.54) is 4.68 Å². The molecule has 194 valence electrons. The molecule has 0 radical (unpaired) electrons. The molecule has 0 amide bonds. The van der Waals surface area contributed by atoms with Crippen LogP contribution in [0.4, 0.5) is 0 Å². The number of hydrogen-bond acceptors (Lipinski definition) is 7. The molecule has 0 fully saturated rings. The van der Waals surface area contributed by atoms with Gasteiger partial charge in [0.15, 0.2) is 17.3 Å². The van der Waals surface area contributed by atoms with E-state index in [1.807, 2.05) is 37.3 Å². The van der Waals surface area contributed by atoms with E-state index in [0.29, 0.717) is 49.5 Å². The standard InChI is InChI=1S/C29H26BrN3O5/c1-5-17(2)37-27-21(30)13-18(14-25(27)36-4)16-31-33-28(32-22-10-7-6-9-19(22)29(33)34)26-15-20-23(35-3)11-8-12-24(20)38-26/h6-17H,5H2,1-4H3/t17-/m0/s1. The molecule has 0 aliphatic carbocycles. The number of benzene rings is 3. The van der Waals surface area contributed by atoms with Crippen molar-refractivity contribution in [2.45, 2.75) is 26.4 Å². The highest BCUT2D eigenvalue weighted by Crippen LogP contribution is 2.37. The predicted molar refractivity (Wildman–Crippen MR) is 152 cm³/mol. The lowest BCUT2D eigenvalue weighted by atomic mass is 10.2. The average Bonchev–Trinajstić information content (AvgIpc) is 3.38. The second-order valence-corrected chi connectivity index (χ2v) is 9.52. The lowest BCUT2D eigenvalue weighted by Gasteiger charge is -2.17. The minimum atomic E-state index is -0.322. The molecule has 2 heterocycles. The summed E-state index contributed by atoms with van der Waals surface area (Å²) in [6.45, 7) is 4.05. The lowest BCUT2D eigenvalue weighted by Crippen LogP contribution is -2.20. The van der Waals surface area contributed by atoms with E-state index in [9.17, 15) is 4.79 Å². The average molecular weight is 576 g/mol. The van der Waals surface area contributed by atoms with Crippen molar-refractivity contribution in [3.8, 4) is 28.8 Å². The van der Waals surface area contributed by atoms with Gasteiger partial charge in [-0.2, -0.15) is 9.78 Å². The lowest BCUT2D eigenvalue weighted by molar-refractivity contribution is 0.206. The maximum absolute atomic E-state index is 13.6. The van der Waals surface area contributed by atoms with E-state index in [0.717, 1.165) is 11.8 Å². The van der Waals surface area contributed by atoms with E-state index < -0.39 is 0 Å². The largest absolute Gasteiger partial charge is 0.496 e. The highest BCUT2D eigenvalue weighted by atomic mass is 79.9. The number of furan rings is 1. The van der Waals surface area contributed by atoms with E-state index in [-0.39, 0.29) is 17.5 Å². The molecule has 38 heavy (non-hydrogen) atoms. The van der Waals surface area contributed by atoms with Crippen molar-refractivity contribution in [3.63, 3.8) is 0 Å². The third-order valence-electron chi connectivity index (χ3n) is 6.18. The van der Waals surface area contributed by atoms with Crippen LogP contribution in [-0.4, -0.2) is 36.2 Å². The second-order valence-electron chi connectivity index (χ2n) is 8.67. The molecule has 8 nitrogen and oxygen atoms in total.